The van der Waals surface area contributed by atoms with Crippen LogP contribution in [0, 0.1) is 27.6 Å². The van der Waals surface area contributed by atoms with Crippen molar-refractivity contribution in [1.82, 2.24) is 5.32 Å². The summed E-state index contributed by atoms with van der Waals surface area (Å²) in [7, 11) is 0. The van der Waals surface area contributed by atoms with Gasteiger partial charge in [-0.15, -0.1) is 0 Å². The van der Waals surface area contributed by atoms with Crippen molar-refractivity contribution >= 4 is 0 Å². The summed E-state index contributed by atoms with van der Waals surface area (Å²) < 4.78 is 0. The smallest absolute Gasteiger partial charge is 0.0121 e. The molecule has 21 heavy (non-hydrogen) atoms. The van der Waals surface area contributed by atoms with Crippen molar-refractivity contribution in [3.8, 4) is 0 Å². The van der Waals surface area contributed by atoms with Gasteiger partial charge < -0.3 is 5.32 Å². The Morgan fingerprint density at radius 1 is 1.00 bits per heavy atom. The Kier molecular flexibility index (Phi) is 3.57. The zero-order valence-electron chi connectivity index (χ0n) is 15.3. The van der Waals surface area contributed by atoms with E-state index < -0.39 is 0 Å². The highest BCUT2D eigenvalue weighted by Crippen LogP contribution is 2.70. The van der Waals surface area contributed by atoms with E-state index in [0.717, 1.165) is 12.5 Å². The largest absolute Gasteiger partial charge is 0.314 e. The van der Waals surface area contributed by atoms with E-state index in [1.807, 2.05) is 0 Å². The van der Waals surface area contributed by atoms with Gasteiger partial charge in [-0.2, -0.15) is 0 Å². The molecule has 1 heteroatoms. The van der Waals surface area contributed by atoms with Gasteiger partial charge in [0.15, 0.2) is 0 Å². The Hall–Kier alpha value is -0.0400. The molecule has 0 spiro atoms. The van der Waals surface area contributed by atoms with E-state index in [4.69, 9.17) is 0 Å². The van der Waals surface area contributed by atoms with Crippen LogP contribution in [-0.2, 0) is 0 Å². The third-order valence-corrected chi connectivity index (χ3v) is 6.87. The van der Waals surface area contributed by atoms with Gasteiger partial charge >= 0.3 is 0 Å². The summed E-state index contributed by atoms with van der Waals surface area (Å²) in [5.41, 5.74) is 2.33. The van der Waals surface area contributed by atoms with Crippen LogP contribution in [0.1, 0.15) is 86.5 Å². The van der Waals surface area contributed by atoms with Crippen molar-refractivity contribution in [2.24, 2.45) is 27.6 Å². The molecule has 0 aromatic heterocycles. The second-order valence-corrected chi connectivity index (χ2v) is 10.8. The fourth-order valence-electron chi connectivity index (χ4n) is 7.28. The van der Waals surface area contributed by atoms with Gasteiger partial charge in [0.05, 0.1) is 0 Å². The second kappa shape index (κ2) is 4.73. The lowest BCUT2D eigenvalue weighted by Gasteiger charge is -2.66. The second-order valence-electron chi connectivity index (χ2n) is 10.8. The van der Waals surface area contributed by atoms with Gasteiger partial charge in [0.1, 0.15) is 0 Å². The van der Waals surface area contributed by atoms with Crippen molar-refractivity contribution in [3.63, 3.8) is 0 Å². The molecular formula is C20H37N. The molecule has 0 aliphatic heterocycles. The van der Waals surface area contributed by atoms with Gasteiger partial charge in [-0.3, -0.25) is 0 Å². The molecular weight excluding hydrogens is 254 g/mol. The summed E-state index contributed by atoms with van der Waals surface area (Å²) in [6.45, 7) is 15.8. The van der Waals surface area contributed by atoms with Crippen LogP contribution in [-0.4, -0.2) is 12.6 Å². The summed E-state index contributed by atoms with van der Waals surface area (Å²) in [5, 5.41) is 3.82. The normalized spacial score (nSPS) is 46.9. The van der Waals surface area contributed by atoms with Crippen LogP contribution in [0.3, 0.4) is 0 Å². The topological polar surface area (TPSA) is 12.0 Å². The Morgan fingerprint density at radius 3 is 2.00 bits per heavy atom. The van der Waals surface area contributed by atoms with E-state index in [2.05, 4.69) is 46.9 Å². The van der Waals surface area contributed by atoms with Crippen LogP contribution in [0.4, 0.5) is 0 Å². The van der Waals surface area contributed by atoms with Gasteiger partial charge in [-0.1, -0.05) is 41.5 Å². The van der Waals surface area contributed by atoms with Crippen LogP contribution in [0.2, 0.25) is 0 Å². The molecule has 0 saturated heterocycles. The Morgan fingerprint density at radius 2 is 1.57 bits per heavy atom. The molecule has 0 aromatic carbocycles. The highest BCUT2D eigenvalue weighted by Gasteiger charge is 2.60. The molecule has 122 valence electrons. The lowest BCUT2D eigenvalue weighted by molar-refractivity contribution is -0.152. The fourth-order valence-corrected chi connectivity index (χ4v) is 7.28. The van der Waals surface area contributed by atoms with Crippen LogP contribution in [0.25, 0.3) is 0 Å². The summed E-state index contributed by atoms with van der Waals surface area (Å²) in [4.78, 5) is 0. The highest BCUT2D eigenvalue weighted by atomic mass is 14.9. The fraction of sp³-hybridized carbons (Fsp3) is 1.00. The summed E-state index contributed by atoms with van der Waals surface area (Å²) in [6, 6.07) is 0.672. The Bertz CT molecular complexity index is 387. The first kappa shape index (κ1) is 15.8. The first-order chi connectivity index (χ1) is 9.57. The molecule has 0 heterocycles. The Labute approximate surface area is 132 Å². The minimum Gasteiger partial charge on any atom is -0.314 e. The SMILES string of the molecule is CCNC(CC12CC3CC(C)(CC(C)(C3)C1)C2)C(C)(C)C. The molecule has 4 bridgehead atoms. The predicted molar refractivity (Wildman–Crippen MR) is 91.4 cm³/mol. The van der Waals surface area contributed by atoms with Crippen LogP contribution in [0.15, 0.2) is 0 Å². The summed E-state index contributed by atoms with van der Waals surface area (Å²) in [5.74, 6) is 1.03. The van der Waals surface area contributed by atoms with E-state index >= 15 is 0 Å². The van der Waals surface area contributed by atoms with Gasteiger partial charge in [-0.25, -0.2) is 0 Å². The van der Waals surface area contributed by atoms with E-state index in [9.17, 15) is 0 Å². The van der Waals surface area contributed by atoms with Gasteiger partial charge in [0, 0.05) is 6.04 Å². The molecule has 3 unspecified atom stereocenters. The zero-order chi connectivity index (χ0) is 15.5. The zero-order valence-corrected chi connectivity index (χ0v) is 15.3. The van der Waals surface area contributed by atoms with Crippen molar-refractivity contribution in [2.45, 2.75) is 92.5 Å². The molecule has 4 aliphatic carbocycles. The average molecular weight is 292 g/mol. The van der Waals surface area contributed by atoms with E-state index in [1.165, 1.54) is 44.9 Å². The monoisotopic (exact) mass is 291 g/mol. The van der Waals surface area contributed by atoms with Crippen molar-refractivity contribution in [2.75, 3.05) is 6.54 Å². The van der Waals surface area contributed by atoms with Gasteiger partial charge in [0.2, 0.25) is 0 Å². The first-order valence-electron chi connectivity index (χ1n) is 9.31. The lowest BCUT2D eigenvalue weighted by atomic mass is 9.39. The minimum absolute atomic E-state index is 0.376. The van der Waals surface area contributed by atoms with E-state index in [-0.39, 0.29) is 0 Å². The van der Waals surface area contributed by atoms with Crippen LogP contribution >= 0.6 is 0 Å². The number of nitrogens with one attached hydrogen (secondary N) is 1. The molecule has 1 N–H and O–H groups in total. The predicted octanol–water partition coefficient (Wildman–Crippen LogP) is 5.40. The standard InChI is InChI=1S/C20H37N/c1-7-21-16(17(2,3)4)11-20-10-15-8-18(5,13-20)12-19(6,9-15)14-20/h15-16,21H,7-14H2,1-6H3. The molecule has 1 nitrogen and oxygen atoms in total. The molecule has 0 radical (unpaired) electrons. The van der Waals surface area contributed by atoms with Crippen LogP contribution in [0.5, 0.6) is 0 Å². The van der Waals surface area contributed by atoms with Crippen LogP contribution < -0.4 is 5.32 Å². The molecule has 0 aromatic rings. The number of hydrogen-bond donors (Lipinski definition) is 1. The van der Waals surface area contributed by atoms with Crippen molar-refractivity contribution < 1.29 is 0 Å². The highest BCUT2D eigenvalue weighted by molar-refractivity contribution is 5.11. The number of hydrogen-bond acceptors (Lipinski definition) is 1. The first-order valence-corrected chi connectivity index (χ1v) is 9.31. The molecule has 4 aliphatic rings. The third-order valence-electron chi connectivity index (χ3n) is 6.87. The van der Waals surface area contributed by atoms with Crippen molar-refractivity contribution in [1.29, 1.82) is 0 Å². The molecule has 4 rings (SSSR count). The Balaban J connectivity index is 1.84. The van der Waals surface area contributed by atoms with E-state index in [1.54, 1.807) is 0 Å². The lowest BCUT2D eigenvalue weighted by Crippen LogP contribution is -2.57. The van der Waals surface area contributed by atoms with Gasteiger partial charge in [0.25, 0.3) is 0 Å². The van der Waals surface area contributed by atoms with E-state index in [0.29, 0.717) is 27.7 Å². The molecule has 0 amide bonds. The third kappa shape index (κ3) is 2.92. The maximum atomic E-state index is 3.82. The quantitative estimate of drug-likeness (QED) is 0.731. The van der Waals surface area contributed by atoms with Gasteiger partial charge in [-0.05, 0) is 79.1 Å². The summed E-state index contributed by atoms with van der Waals surface area (Å²) in [6.07, 6.45) is 10.5. The minimum atomic E-state index is 0.376. The average Bonchev–Trinajstić information content (AvgIpc) is 2.21. The number of rotatable bonds is 4. The molecule has 3 atom stereocenters. The molecule has 4 fully saturated rings. The maximum Gasteiger partial charge on any atom is 0.0121 e. The summed E-state index contributed by atoms with van der Waals surface area (Å²) >= 11 is 0. The maximum absolute atomic E-state index is 3.82. The van der Waals surface area contributed by atoms with Crippen molar-refractivity contribution in [3.05, 3.63) is 0 Å². The molecule has 4 saturated carbocycles.